The van der Waals surface area contributed by atoms with Gasteiger partial charge in [0.25, 0.3) is 0 Å². The molecule has 0 radical (unpaired) electrons. The third-order valence-electron chi connectivity index (χ3n) is 5.39. The van der Waals surface area contributed by atoms with Gasteiger partial charge in [0.1, 0.15) is 0 Å². The van der Waals surface area contributed by atoms with Crippen molar-refractivity contribution in [3.8, 4) is 0 Å². The van der Waals surface area contributed by atoms with Gasteiger partial charge in [-0.3, -0.25) is 15.0 Å². The molecule has 3 aromatic carbocycles. The number of carbonyl (C=O) groups excluding carboxylic acids is 2. The van der Waals surface area contributed by atoms with Crippen molar-refractivity contribution in [2.75, 3.05) is 20.5 Å². The molecule has 0 atom stereocenters. The Bertz CT molecular complexity index is 1300. The summed E-state index contributed by atoms with van der Waals surface area (Å²) in [6, 6.07) is 16.7. The number of nitrogens with one attached hydrogen (secondary N) is 1. The zero-order valence-electron chi connectivity index (χ0n) is 23.3. The largest absolute Gasteiger partial charge is 0.416 e. The maximum atomic E-state index is 12.9. The third-order valence-corrected chi connectivity index (χ3v) is 5.99. The molecule has 3 amide bonds. The first kappa shape index (κ1) is 35.8. The van der Waals surface area contributed by atoms with Crippen LogP contribution in [0, 0.1) is 6.92 Å². The predicted molar refractivity (Wildman–Crippen MR) is 161 cm³/mol. The van der Waals surface area contributed by atoms with Gasteiger partial charge in [-0.05, 0) is 66.4 Å². The van der Waals surface area contributed by atoms with E-state index in [-0.39, 0.29) is 18.2 Å². The Balaban J connectivity index is 0.000000584. The summed E-state index contributed by atoms with van der Waals surface area (Å²) < 4.78 is 38.6. The molecule has 6 nitrogen and oxygen atoms in total. The van der Waals surface area contributed by atoms with Crippen LogP contribution >= 0.6 is 34.8 Å². The van der Waals surface area contributed by atoms with E-state index >= 15 is 0 Å². The highest BCUT2D eigenvalue weighted by molar-refractivity contribution is 6.31. The molecule has 0 fully saturated rings. The van der Waals surface area contributed by atoms with Crippen molar-refractivity contribution in [3.63, 3.8) is 0 Å². The van der Waals surface area contributed by atoms with Crippen LogP contribution in [0.4, 0.5) is 23.7 Å². The molecule has 0 aliphatic carbocycles. The highest BCUT2D eigenvalue weighted by Crippen LogP contribution is 2.31. The number of benzene rings is 3. The molecule has 0 aliphatic rings. The second-order valence-corrected chi connectivity index (χ2v) is 9.40. The fourth-order valence-electron chi connectivity index (χ4n) is 3.18. The van der Waals surface area contributed by atoms with Crippen molar-refractivity contribution < 1.29 is 22.8 Å². The lowest BCUT2D eigenvalue weighted by Crippen LogP contribution is -2.46. The van der Waals surface area contributed by atoms with E-state index in [1.54, 1.807) is 24.3 Å². The molecule has 0 bridgehead atoms. The van der Waals surface area contributed by atoms with Gasteiger partial charge in [0, 0.05) is 37.1 Å². The van der Waals surface area contributed by atoms with Crippen LogP contribution in [-0.4, -0.2) is 48.7 Å². The maximum absolute atomic E-state index is 12.9. The van der Waals surface area contributed by atoms with Gasteiger partial charge in [0.05, 0.1) is 11.3 Å². The second-order valence-electron chi connectivity index (χ2n) is 8.56. The van der Waals surface area contributed by atoms with Gasteiger partial charge in [0.15, 0.2) is 0 Å². The number of amides is 3. The van der Waals surface area contributed by atoms with Crippen molar-refractivity contribution in [1.29, 1.82) is 0 Å². The van der Waals surface area contributed by atoms with E-state index in [4.69, 9.17) is 23.2 Å². The molecule has 41 heavy (non-hydrogen) atoms. The Morgan fingerprint density at radius 3 is 2.17 bits per heavy atom. The number of aliphatic imine (C=N–C) groups is 1. The number of carbonyl (C=O) groups is 2. The molecule has 222 valence electrons. The van der Waals surface area contributed by atoms with Crippen LogP contribution in [-0.2, 0) is 23.9 Å². The zero-order chi connectivity index (χ0) is 31.2. The molecule has 0 spiro atoms. The predicted octanol–water partition coefficient (Wildman–Crippen LogP) is 8.34. The third kappa shape index (κ3) is 12.4. The number of alkyl halides is 4. The standard InChI is InChI=1S/C19H18ClF3N4O2.C9H11Cl.CH3Cl/c1-26(11-13-6-8-15(20)9-7-13)18(29)25-17(27(2)12-28)24-16-5-3-4-14(10-16)19(21,22)23;1-3-8-5-4-7(2)6-9(8)10;1-2/h3-10,12H,11H2,1-2H3,(H,24,25,29);4-6H,3H2,1-2H3;1H3. The monoisotopic (exact) mass is 630 g/mol. The number of rotatable bonds is 5. The lowest BCUT2D eigenvalue weighted by Gasteiger charge is -2.21. The number of hydrogen-bond acceptors (Lipinski definition) is 3. The van der Waals surface area contributed by atoms with Crippen molar-refractivity contribution in [2.45, 2.75) is 33.0 Å². The van der Waals surface area contributed by atoms with Gasteiger partial charge in [-0.2, -0.15) is 13.2 Å². The van der Waals surface area contributed by atoms with Crippen LogP contribution in [0.2, 0.25) is 10.0 Å². The van der Waals surface area contributed by atoms with Crippen molar-refractivity contribution in [2.24, 2.45) is 4.99 Å². The van der Waals surface area contributed by atoms with Crippen LogP contribution in [0.5, 0.6) is 0 Å². The molecular weight excluding hydrogens is 600 g/mol. The van der Waals surface area contributed by atoms with E-state index in [1.165, 1.54) is 48.6 Å². The van der Waals surface area contributed by atoms with Gasteiger partial charge in [-0.25, -0.2) is 9.79 Å². The first-order valence-electron chi connectivity index (χ1n) is 12.2. The van der Waals surface area contributed by atoms with Crippen molar-refractivity contribution in [1.82, 2.24) is 15.1 Å². The van der Waals surface area contributed by atoms with Crippen LogP contribution in [0.15, 0.2) is 71.7 Å². The number of urea groups is 1. The van der Waals surface area contributed by atoms with Gasteiger partial charge >= 0.3 is 12.2 Å². The minimum Gasteiger partial charge on any atom is -0.323 e. The topological polar surface area (TPSA) is 65.0 Å². The van der Waals surface area contributed by atoms with E-state index in [1.807, 2.05) is 13.0 Å². The molecule has 0 unspecified atom stereocenters. The Labute approximate surface area is 253 Å². The summed E-state index contributed by atoms with van der Waals surface area (Å²) in [5.74, 6) is -0.215. The first-order chi connectivity index (χ1) is 19.3. The summed E-state index contributed by atoms with van der Waals surface area (Å²) in [5.41, 5.74) is 2.31. The number of nitrogens with zero attached hydrogens (tertiary/aromatic N) is 3. The molecule has 3 rings (SSSR count). The number of aryl methyl sites for hydroxylation is 2. The minimum absolute atomic E-state index is 0.0656. The maximum Gasteiger partial charge on any atom is 0.416 e. The summed E-state index contributed by atoms with van der Waals surface area (Å²) in [6.45, 7) is 4.40. The quantitative estimate of drug-likeness (QED) is 0.133. The summed E-state index contributed by atoms with van der Waals surface area (Å²) >= 11 is 16.4. The molecule has 0 aliphatic heterocycles. The average molecular weight is 632 g/mol. The van der Waals surface area contributed by atoms with Gasteiger partial charge in [-0.15, -0.1) is 11.6 Å². The molecular formula is C29H32Cl3F3N4O2. The number of halogens is 6. The fourth-order valence-corrected chi connectivity index (χ4v) is 3.68. The van der Waals surface area contributed by atoms with Crippen LogP contribution in [0.25, 0.3) is 0 Å². The fraction of sp³-hybridized carbons (Fsp3) is 0.276. The first-order valence-corrected chi connectivity index (χ1v) is 13.7. The van der Waals surface area contributed by atoms with E-state index in [9.17, 15) is 22.8 Å². The Kier molecular flexibility index (Phi) is 15.3. The van der Waals surface area contributed by atoms with Crippen LogP contribution in [0.1, 0.15) is 29.2 Å². The summed E-state index contributed by atoms with van der Waals surface area (Å²) in [5, 5.41) is 3.88. The lowest BCUT2D eigenvalue weighted by molar-refractivity contribution is -0.137. The lowest BCUT2D eigenvalue weighted by atomic mass is 10.1. The normalized spacial score (nSPS) is 10.9. The van der Waals surface area contributed by atoms with Gasteiger partial charge < -0.3 is 4.90 Å². The zero-order valence-corrected chi connectivity index (χ0v) is 25.5. The summed E-state index contributed by atoms with van der Waals surface area (Å²) in [7, 11) is 2.84. The highest BCUT2D eigenvalue weighted by Gasteiger charge is 2.30. The summed E-state index contributed by atoms with van der Waals surface area (Å²) in [4.78, 5) is 29.8. The van der Waals surface area contributed by atoms with Crippen LogP contribution in [0.3, 0.4) is 0 Å². The van der Waals surface area contributed by atoms with E-state index in [2.05, 4.69) is 41.0 Å². The van der Waals surface area contributed by atoms with E-state index < -0.39 is 17.8 Å². The molecule has 0 saturated heterocycles. The van der Waals surface area contributed by atoms with Crippen molar-refractivity contribution in [3.05, 3.63) is 99.0 Å². The molecule has 12 heteroatoms. The Morgan fingerprint density at radius 2 is 1.63 bits per heavy atom. The number of hydrogen-bond donors (Lipinski definition) is 1. The molecule has 0 heterocycles. The SMILES string of the molecule is CCc1ccc(C)cc1Cl.CCl.CN(C=O)C(=Nc1cccc(C(F)(F)F)c1)NC(=O)N(C)Cc1ccc(Cl)cc1. The molecule has 1 N–H and O–H groups in total. The molecule has 0 saturated carbocycles. The Morgan fingerprint density at radius 1 is 1.00 bits per heavy atom. The summed E-state index contributed by atoms with van der Waals surface area (Å²) in [6.07, 6.45) is -1.67. The van der Waals surface area contributed by atoms with E-state index in [0.29, 0.717) is 11.4 Å². The highest BCUT2D eigenvalue weighted by atomic mass is 35.5. The van der Waals surface area contributed by atoms with Gasteiger partial charge in [-0.1, -0.05) is 60.5 Å². The van der Waals surface area contributed by atoms with Gasteiger partial charge in [0.2, 0.25) is 12.4 Å². The minimum atomic E-state index is -4.54. The van der Waals surface area contributed by atoms with Crippen LogP contribution < -0.4 is 5.32 Å². The molecule has 0 aromatic heterocycles. The average Bonchev–Trinajstić information content (AvgIpc) is 2.94. The Hall–Kier alpha value is -3.27. The van der Waals surface area contributed by atoms with E-state index in [0.717, 1.165) is 34.0 Å². The molecule has 3 aromatic rings. The number of guanidine groups is 1. The smallest absolute Gasteiger partial charge is 0.323 e. The van der Waals surface area contributed by atoms with Crippen molar-refractivity contribution >= 4 is 58.9 Å². The second kappa shape index (κ2) is 17.5.